The Bertz CT molecular complexity index is 1250. The predicted octanol–water partition coefficient (Wildman–Crippen LogP) is 4.01. The summed E-state index contributed by atoms with van der Waals surface area (Å²) < 4.78 is 7.49. The molecule has 0 saturated carbocycles. The lowest BCUT2D eigenvalue weighted by Crippen LogP contribution is -2.14. The number of nitrogens with one attached hydrogen (secondary N) is 2. The van der Waals surface area contributed by atoms with Gasteiger partial charge >= 0.3 is 0 Å². The highest BCUT2D eigenvalue weighted by Gasteiger charge is 2.18. The van der Waals surface area contributed by atoms with Crippen molar-refractivity contribution in [1.82, 2.24) is 24.7 Å². The Morgan fingerprint density at radius 1 is 1.16 bits per heavy atom. The molecule has 4 aromatic rings. The van der Waals surface area contributed by atoms with Gasteiger partial charge < -0.3 is 19.6 Å². The number of aromatic nitrogens is 5. The SMILES string of the molecule is CCn1c(SCc2nc3ccccc3c(=O)[nH]2)nnc1C(C)Nc1ccccc1OC. The number of fused-ring (bicyclic) bond motifs is 1. The van der Waals surface area contributed by atoms with Gasteiger partial charge in [-0.05, 0) is 38.1 Å². The van der Waals surface area contributed by atoms with Crippen molar-refractivity contribution in [3.63, 3.8) is 0 Å². The van der Waals surface area contributed by atoms with Gasteiger partial charge in [-0.3, -0.25) is 4.79 Å². The van der Waals surface area contributed by atoms with Crippen LogP contribution in [-0.2, 0) is 12.3 Å². The van der Waals surface area contributed by atoms with Crippen LogP contribution >= 0.6 is 11.8 Å². The number of methoxy groups -OCH3 is 1. The van der Waals surface area contributed by atoms with Crippen LogP contribution in [0, 0.1) is 0 Å². The zero-order chi connectivity index (χ0) is 21.8. The molecule has 2 aromatic carbocycles. The highest BCUT2D eigenvalue weighted by molar-refractivity contribution is 7.98. The maximum absolute atomic E-state index is 12.3. The molecular weight excluding hydrogens is 412 g/mol. The first-order chi connectivity index (χ1) is 15.1. The molecule has 8 nitrogen and oxygen atoms in total. The van der Waals surface area contributed by atoms with Crippen molar-refractivity contribution in [2.24, 2.45) is 0 Å². The van der Waals surface area contributed by atoms with Crippen LogP contribution in [0.5, 0.6) is 5.75 Å². The van der Waals surface area contributed by atoms with Crippen LogP contribution in [0.4, 0.5) is 5.69 Å². The van der Waals surface area contributed by atoms with Crippen LogP contribution < -0.4 is 15.6 Å². The lowest BCUT2D eigenvalue weighted by Gasteiger charge is -2.18. The van der Waals surface area contributed by atoms with Crippen LogP contribution in [0.2, 0.25) is 0 Å². The van der Waals surface area contributed by atoms with Gasteiger partial charge in [0.15, 0.2) is 11.0 Å². The molecule has 2 aromatic heterocycles. The molecule has 0 bridgehead atoms. The van der Waals surface area contributed by atoms with Crippen molar-refractivity contribution < 1.29 is 4.74 Å². The monoisotopic (exact) mass is 436 g/mol. The minimum atomic E-state index is -0.131. The van der Waals surface area contributed by atoms with Gasteiger partial charge in [-0.2, -0.15) is 0 Å². The van der Waals surface area contributed by atoms with E-state index in [0.29, 0.717) is 22.5 Å². The number of nitrogens with zero attached hydrogens (tertiary/aromatic N) is 4. The number of H-pyrrole nitrogens is 1. The van der Waals surface area contributed by atoms with Crippen LogP contribution in [0.25, 0.3) is 10.9 Å². The maximum atomic E-state index is 12.3. The Kier molecular flexibility index (Phi) is 6.22. The first-order valence-electron chi connectivity index (χ1n) is 10.0. The van der Waals surface area contributed by atoms with E-state index < -0.39 is 0 Å². The molecule has 4 rings (SSSR count). The number of hydrogen-bond acceptors (Lipinski definition) is 7. The summed E-state index contributed by atoms with van der Waals surface area (Å²) >= 11 is 1.50. The van der Waals surface area contributed by atoms with Crippen LogP contribution in [0.15, 0.2) is 58.5 Å². The summed E-state index contributed by atoms with van der Waals surface area (Å²) in [5.41, 5.74) is 1.46. The summed E-state index contributed by atoms with van der Waals surface area (Å²) in [5, 5.41) is 13.6. The number of thioether (sulfide) groups is 1. The van der Waals surface area contributed by atoms with Crippen molar-refractivity contribution >= 4 is 28.4 Å². The average molecular weight is 437 g/mol. The van der Waals surface area contributed by atoms with Gasteiger partial charge in [-0.25, -0.2) is 4.98 Å². The lowest BCUT2D eigenvalue weighted by atomic mass is 10.2. The van der Waals surface area contributed by atoms with Crippen LogP contribution in [0.1, 0.15) is 31.5 Å². The molecule has 0 aliphatic rings. The van der Waals surface area contributed by atoms with Crippen molar-refractivity contribution in [2.75, 3.05) is 12.4 Å². The van der Waals surface area contributed by atoms with Gasteiger partial charge in [0.05, 0.1) is 35.5 Å². The standard InChI is InChI=1S/C22H24N6O2S/c1-4-28-20(14(2)23-17-11-7-8-12-18(17)30-3)26-27-22(28)31-13-19-24-16-10-6-5-9-15(16)21(29)25-19/h5-12,14,23H,4,13H2,1-3H3,(H,24,25,29). The third-order valence-electron chi connectivity index (χ3n) is 4.93. The third kappa shape index (κ3) is 4.41. The molecule has 31 heavy (non-hydrogen) atoms. The third-order valence-corrected chi connectivity index (χ3v) is 5.91. The first kappa shape index (κ1) is 20.9. The molecule has 0 saturated heterocycles. The second-order valence-electron chi connectivity index (χ2n) is 6.97. The van der Waals surface area contributed by atoms with Crippen molar-refractivity contribution in [3.8, 4) is 5.75 Å². The number of hydrogen-bond donors (Lipinski definition) is 2. The summed E-state index contributed by atoms with van der Waals surface area (Å²) in [6.45, 7) is 4.83. The minimum absolute atomic E-state index is 0.0725. The predicted molar refractivity (Wildman–Crippen MR) is 123 cm³/mol. The summed E-state index contributed by atoms with van der Waals surface area (Å²) in [4.78, 5) is 19.7. The largest absolute Gasteiger partial charge is 0.495 e. The normalized spacial score (nSPS) is 12.1. The fraction of sp³-hybridized carbons (Fsp3) is 0.273. The Morgan fingerprint density at radius 3 is 2.74 bits per heavy atom. The molecule has 0 aliphatic heterocycles. The number of aromatic amines is 1. The van der Waals surface area contributed by atoms with Crippen molar-refractivity contribution in [3.05, 3.63) is 70.5 Å². The summed E-state index contributed by atoms with van der Waals surface area (Å²) in [6, 6.07) is 15.0. The van der Waals surface area contributed by atoms with E-state index >= 15 is 0 Å². The van der Waals surface area contributed by atoms with Gasteiger partial charge in [-0.15, -0.1) is 10.2 Å². The van der Waals surface area contributed by atoms with Gasteiger partial charge in [0, 0.05) is 6.54 Å². The molecule has 0 amide bonds. The van der Waals surface area contributed by atoms with E-state index in [1.54, 1.807) is 13.2 Å². The molecule has 2 N–H and O–H groups in total. The lowest BCUT2D eigenvalue weighted by molar-refractivity contribution is 0.416. The van der Waals surface area contributed by atoms with Gasteiger partial charge in [0.25, 0.3) is 5.56 Å². The fourth-order valence-electron chi connectivity index (χ4n) is 3.42. The average Bonchev–Trinajstić information content (AvgIpc) is 3.21. The molecule has 0 aliphatic carbocycles. The molecule has 160 valence electrons. The highest BCUT2D eigenvalue weighted by atomic mass is 32.2. The quantitative estimate of drug-likeness (QED) is 0.403. The summed E-state index contributed by atoms with van der Waals surface area (Å²) in [5.74, 6) is 2.71. The number of benzene rings is 2. The summed E-state index contributed by atoms with van der Waals surface area (Å²) in [7, 11) is 1.65. The Morgan fingerprint density at radius 2 is 1.94 bits per heavy atom. The number of rotatable bonds is 8. The van der Waals surface area contributed by atoms with E-state index in [0.717, 1.165) is 29.0 Å². The Hall–Kier alpha value is -3.33. The van der Waals surface area contributed by atoms with Crippen LogP contribution in [-0.4, -0.2) is 31.8 Å². The highest BCUT2D eigenvalue weighted by Crippen LogP contribution is 2.29. The zero-order valence-electron chi connectivity index (χ0n) is 17.6. The molecule has 2 heterocycles. The van der Waals surface area contributed by atoms with E-state index in [4.69, 9.17) is 4.74 Å². The number of ether oxygens (including phenoxy) is 1. The van der Waals surface area contributed by atoms with E-state index in [2.05, 4.69) is 37.0 Å². The molecule has 1 unspecified atom stereocenters. The van der Waals surface area contributed by atoms with Crippen molar-refractivity contribution in [2.45, 2.75) is 37.3 Å². The topological polar surface area (TPSA) is 97.7 Å². The smallest absolute Gasteiger partial charge is 0.258 e. The molecule has 0 radical (unpaired) electrons. The van der Waals surface area contributed by atoms with E-state index in [1.807, 2.05) is 49.4 Å². The first-order valence-corrected chi connectivity index (χ1v) is 11.0. The van der Waals surface area contributed by atoms with Gasteiger partial charge in [0.1, 0.15) is 11.6 Å². The van der Waals surface area contributed by atoms with Crippen molar-refractivity contribution in [1.29, 1.82) is 0 Å². The van der Waals surface area contributed by atoms with Crippen LogP contribution in [0.3, 0.4) is 0 Å². The molecule has 0 fully saturated rings. The van der Waals surface area contributed by atoms with Gasteiger partial charge in [-0.1, -0.05) is 36.0 Å². The number of anilines is 1. The Labute approximate surface area is 184 Å². The fourth-order valence-corrected chi connectivity index (χ4v) is 4.30. The van der Waals surface area contributed by atoms with E-state index in [-0.39, 0.29) is 11.6 Å². The minimum Gasteiger partial charge on any atom is -0.495 e. The zero-order valence-corrected chi connectivity index (χ0v) is 18.4. The summed E-state index contributed by atoms with van der Waals surface area (Å²) in [6.07, 6.45) is 0. The maximum Gasteiger partial charge on any atom is 0.258 e. The second-order valence-corrected chi connectivity index (χ2v) is 7.91. The second kappa shape index (κ2) is 9.22. The Balaban J connectivity index is 1.52. The number of para-hydroxylation sites is 3. The van der Waals surface area contributed by atoms with E-state index in [1.165, 1.54) is 11.8 Å². The molecule has 1 atom stereocenters. The molecule has 0 spiro atoms. The molecular formula is C22H24N6O2S. The van der Waals surface area contributed by atoms with Gasteiger partial charge in [0.2, 0.25) is 0 Å². The van der Waals surface area contributed by atoms with E-state index in [9.17, 15) is 4.79 Å². The molecule has 9 heteroatoms.